The normalized spacial score (nSPS) is 11.9. The maximum atomic E-state index is 13.3. The van der Waals surface area contributed by atoms with Gasteiger partial charge in [-0.25, -0.2) is 4.39 Å². The first-order valence-corrected chi connectivity index (χ1v) is 5.67. The molecule has 0 saturated carbocycles. The summed E-state index contributed by atoms with van der Waals surface area (Å²) in [4.78, 5) is 14.0. The third-order valence-electron chi connectivity index (χ3n) is 2.66. The van der Waals surface area contributed by atoms with Crippen LogP contribution in [0, 0.1) is 15.9 Å². The molecule has 2 aromatic rings. The van der Waals surface area contributed by atoms with Crippen molar-refractivity contribution in [2.45, 2.75) is 13.0 Å². The highest BCUT2D eigenvalue weighted by Gasteiger charge is 2.12. The van der Waals surface area contributed by atoms with E-state index >= 15 is 0 Å². The minimum absolute atomic E-state index is 0.130. The van der Waals surface area contributed by atoms with E-state index in [2.05, 4.69) is 10.3 Å². The van der Waals surface area contributed by atoms with Gasteiger partial charge in [0.15, 0.2) is 0 Å². The molecule has 0 radical (unpaired) electrons. The van der Waals surface area contributed by atoms with Gasteiger partial charge >= 0.3 is 0 Å². The summed E-state index contributed by atoms with van der Waals surface area (Å²) in [5.41, 5.74) is 0.998. The first kappa shape index (κ1) is 12.9. The van der Waals surface area contributed by atoms with Crippen LogP contribution in [0.4, 0.5) is 15.8 Å². The lowest BCUT2D eigenvalue weighted by Gasteiger charge is -2.15. The van der Waals surface area contributed by atoms with Crippen LogP contribution in [-0.4, -0.2) is 9.91 Å². The molecule has 0 aliphatic carbocycles. The average Bonchev–Trinajstić information content (AvgIpc) is 2.39. The number of anilines is 1. The predicted octanol–water partition coefficient (Wildman–Crippen LogP) is 3.30. The van der Waals surface area contributed by atoms with Crippen LogP contribution in [0.3, 0.4) is 0 Å². The molecule has 1 heterocycles. The molecule has 0 spiro atoms. The second-order valence-corrected chi connectivity index (χ2v) is 4.11. The van der Waals surface area contributed by atoms with E-state index in [-0.39, 0.29) is 11.7 Å². The third-order valence-corrected chi connectivity index (χ3v) is 2.66. The zero-order valence-electron chi connectivity index (χ0n) is 10.2. The maximum Gasteiger partial charge on any atom is 0.274 e. The molecular formula is C13H12FN3O2. The van der Waals surface area contributed by atoms with Gasteiger partial charge in [0.05, 0.1) is 17.0 Å². The fourth-order valence-corrected chi connectivity index (χ4v) is 1.73. The molecule has 0 bridgehead atoms. The van der Waals surface area contributed by atoms with Crippen molar-refractivity contribution in [1.29, 1.82) is 0 Å². The fourth-order valence-electron chi connectivity index (χ4n) is 1.73. The Kier molecular flexibility index (Phi) is 3.70. The molecule has 98 valence electrons. The minimum atomic E-state index is -0.643. The molecule has 5 nitrogen and oxygen atoms in total. The van der Waals surface area contributed by atoms with Crippen molar-refractivity contribution in [2.75, 3.05) is 5.32 Å². The molecule has 1 atom stereocenters. The van der Waals surface area contributed by atoms with E-state index in [9.17, 15) is 14.5 Å². The number of non-ortho nitro benzene ring substituents is 1. The molecular weight excluding hydrogens is 249 g/mol. The van der Waals surface area contributed by atoms with Gasteiger partial charge in [-0.05, 0) is 24.6 Å². The Morgan fingerprint density at radius 2 is 2.21 bits per heavy atom. The van der Waals surface area contributed by atoms with Crippen molar-refractivity contribution in [3.05, 3.63) is 64.2 Å². The van der Waals surface area contributed by atoms with Crippen LogP contribution < -0.4 is 5.32 Å². The van der Waals surface area contributed by atoms with Gasteiger partial charge in [0, 0.05) is 24.1 Å². The van der Waals surface area contributed by atoms with E-state index < -0.39 is 10.7 Å². The Balaban J connectivity index is 2.21. The van der Waals surface area contributed by atoms with Crippen molar-refractivity contribution >= 4 is 11.4 Å². The van der Waals surface area contributed by atoms with Crippen LogP contribution in [0.15, 0.2) is 42.7 Å². The number of nitro benzene ring substituents is 1. The van der Waals surface area contributed by atoms with E-state index in [0.29, 0.717) is 5.69 Å². The van der Waals surface area contributed by atoms with Gasteiger partial charge in [-0.2, -0.15) is 0 Å². The van der Waals surface area contributed by atoms with Crippen molar-refractivity contribution in [3.63, 3.8) is 0 Å². The number of aromatic nitrogens is 1. The second-order valence-electron chi connectivity index (χ2n) is 4.11. The van der Waals surface area contributed by atoms with Gasteiger partial charge in [0.2, 0.25) is 0 Å². The monoisotopic (exact) mass is 261 g/mol. The molecule has 6 heteroatoms. The van der Waals surface area contributed by atoms with Crippen LogP contribution >= 0.6 is 0 Å². The molecule has 1 aromatic heterocycles. The molecule has 0 saturated heterocycles. The molecule has 1 N–H and O–H groups in total. The van der Waals surface area contributed by atoms with Gasteiger partial charge in [0.1, 0.15) is 5.82 Å². The number of nitrogens with zero attached hydrogens (tertiary/aromatic N) is 2. The molecule has 19 heavy (non-hydrogen) atoms. The highest BCUT2D eigenvalue weighted by molar-refractivity contribution is 5.52. The van der Waals surface area contributed by atoms with Crippen LogP contribution in [-0.2, 0) is 0 Å². The van der Waals surface area contributed by atoms with Crippen molar-refractivity contribution in [1.82, 2.24) is 4.98 Å². The number of nitrogens with one attached hydrogen (secondary N) is 1. The number of nitro groups is 1. The number of pyridine rings is 1. The predicted molar refractivity (Wildman–Crippen MR) is 69.3 cm³/mol. The average molecular weight is 261 g/mol. The lowest BCUT2D eigenvalue weighted by Crippen LogP contribution is -2.07. The molecule has 0 amide bonds. The zero-order chi connectivity index (χ0) is 13.8. The topological polar surface area (TPSA) is 68.1 Å². The van der Waals surface area contributed by atoms with Gasteiger partial charge in [-0.15, -0.1) is 0 Å². The lowest BCUT2D eigenvalue weighted by molar-refractivity contribution is -0.385. The Labute approximate surface area is 109 Å². The summed E-state index contributed by atoms with van der Waals surface area (Å²) in [5, 5.41) is 13.7. The number of halogens is 1. The van der Waals surface area contributed by atoms with Crippen LogP contribution in [0.25, 0.3) is 0 Å². The zero-order valence-corrected chi connectivity index (χ0v) is 10.2. The van der Waals surface area contributed by atoms with Crippen molar-refractivity contribution in [3.8, 4) is 0 Å². The smallest absolute Gasteiger partial charge is 0.274 e. The molecule has 2 rings (SSSR count). The number of hydrogen-bond acceptors (Lipinski definition) is 4. The standard InChI is InChI=1S/C13H12FN3O2/c1-9(10-3-2-4-15-8-10)16-12-5-11(14)6-13(7-12)17(18)19/h2-9,16H,1H3. The molecule has 1 unspecified atom stereocenters. The Bertz CT molecular complexity index is 590. The minimum Gasteiger partial charge on any atom is -0.378 e. The molecule has 1 aromatic carbocycles. The second kappa shape index (κ2) is 5.43. The fraction of sp³-hybridized carbons (Fsp3) is 0.154. The van der Waals surface area contributed by atoms with E-state index in [0.717, 1.165) is 11.6 Å². The van der Waals surface area contributed by atoms with E-state index in [1.165, 1.54) is 12.1 Å². The van der Waals surface area contributed by atoms with Gasteiger partial charge in [0.25, 0.3) is 5.69 Å². The van der Waals surface area contributed by atoms with Crippen LogP contribution in [0.2, 0.25) is 0 Å². The van der Waals surface area contributed by atoms with Gasteiger partial charge in [-0.3, -0.25) is 15.1 Å². The summed E-state index contributed by atoms with van der Waals surface area (Å²) in [6, 6.07) is 6.95. The van der Waals surface area contributed by atoms with Gasteiger partial charge < -0.3 is 5.32 Å². The quantitative estimate of drug-likeness (QED) is 0.677. The number of hydrogen-bond donors (Lipinski definition) is 1. The van der Waals surface area contributed by atoms with E-state index in [4.69, 9.17) is 0 Å². The van der Waals surface area contributed by atoms with Gasteiger partial charge in [-0.1, -0.05) is 6.07 Å². The Morgan fingerprint density at radius 1 is 1.42 bits per heavy atom. The summed E-state index contributed by atoms with van der Waals surface area (Å²) in [6.07, 6.45) is 3.34. The molecule has 0 aliphatic heterocycles. The molecule has 0 fully saturated rings. The summed E-state index contributed by atoms with van der Waals surface area (Å²) in [6.45, 7) is 1.87. The highest BCUT2D eigenvalue weighted by atomic mass is 19.1. The van der Waals surface area contributed by atoms with E-state index in [1.54, 1.807) is 18.5 Å². The van der Waals surface area contributed by atoms with Crippen molar-refractivity contribution < 1.29 is 9.31 Å². The number of benzene rings is 1. The first-order chi connectivity index (χ1) is 9.06. The summed E-state index contributed by atoms with van der Waals surface area (Å²) in [7, 11) is 0. The number of rotatable bonds is 4. The Hall–Kier alpha value is -2.50. The summed E-state index contributed by atoms with van der Waals surface area (Å²) in [5.74, 6) is -0.643. The molecule has 0 aliphatic rings. The summed E-state index contributed by atoms with van der Waals surface area (Å²) >= 11 is 0. The third kappa shape index (κ3) is 3.25. The SMILES string of the molecule is CC(Nc1cc(F)cc([N+](=O)[O-])c1)c1cccnc1. The largest absolute Gasteiger partial charge is 0.378 e. The van der Waals surface area contributed by atoms with Crippen LogP contribution in [0.1, 0.15) is 18.5 Å². The first-order valence-electron chi connectivity index (χ1n) is 5.67. The van der Waals surface area contributed by atoms with Crippen LogP contribution in [0.5, 0.6) is 0 Å². The van der Waals surface area contributed by atoms with E-state index in [1.807, 2.05) is 13.0 Å². The highest BCUT2D eigenvalue weighted by Crippen LogP contribution is 2.24. The Morgan fingerprint density at radius 3 is 2.84 bits per heavy atom. The van der Waals surface area contributed by atoms with Crippen molar-refractivity contribution in [2.24, 2.45) is 0 Å². The lowest BCUT2D eigenvalue weighted by atomic mass is 10.1. The summed E-state index contributed by atoms with van der Waals surface area (Å²) < 4.78 is 13.3. The maximum absolute atomic E-state index is 13.3.